The van der Waals surface area contributed by atoms with E-state index in [2.05, 4.69) is 6.07 Å². The number of carbonyl (C=O) groups excluding carboxylic acids is 1. The normalized spacial score (nSPS) is 17.8. The lowest BCUT2D eigenvalue weighted by molar-refractivity contribution is -0.130. The fourth-order valence-corrected chi connectivity index (χ4v) is 2.34. The van der Waals surface area contributed by atoms with Crippen LogP contribution >= 0.6 is 0 Å². The van der Waals surface area contributed by atoms with E-state index in [-0.39, 0.29) is 11.7 Å². The van der Waals surface area contributed by atoms with Crippen molar-refractivity contribution >= 4 is 5.91 Å². The van der Waals surface area contributed by atoms with Crippen molar-refractivity contribution in [1.29, 1.82) is 5.26 Å². The summed E-state index contributed by atoms with van der Waals surface area (Å²) < 4.78 is 13.2. The molecule has 19 heavy (non-hydrogen) atoms. The SMILES string of the molecule is CC(=O)N1CCN(C(C#N)c2cccc(F)c2)CC1. The Labute approximate surface area is 112 Å². The average Bonchev–Trinajstić information content (AvgIpc) is 2.40. The molecular formula is C14H16FN3O. The molecule has 5 heteroatoms. The van der Waals surface area contributed by atoms with Crippen LogP contribution < -0.4 is 0 Å². The van der Waals surface area contributed by atoms with Gasteiger partial charge >= 0.3 is 0 Å². The number of amides is 1. The molecule has 1 aromatic rings. The number of rotatable bonds is 2. The molecule has 1 unspecified atom stereocenters. The van der Waals surface area contributed by atoms with E-state index in [0.717, 1.165) is 0 Å². The summed E-state index contributed by atoms with van der Waals surface area (Å²) in [5, 5.41) is 9.30. The molecule has 1 atom stereocenters. The van der Waals surface area contributed by atoms with Gasteiger partial charge in [-0.15, -0.1) is 0 Å². The Morgan fingerprint density at radius 1 is 1.37 bits per heavy atom. The second-order valence-electron chi connectivity index (χ2n) is 4.63. The summed E-state index contributed by atoms with van der Waals surface area (Å²) in [5.41, 5.74) is 0.666. The molecule has 1 aromatic carbocycles. The minimum absolute atomic E-state index is 0.0545. The number of piperazine rings is 1. The Balaban J connectivity index is 2.08. The van der Waals surface area contributed by atoms with Gasteiger partial charge in [-0.3, -0.25) is 9.69 Å². The third-order valence-electron chi connectivity index (χ3n) is 3.41. The molecule has 0 aromatic heterocycles. The average molecular weight is 261 g/mol. The maximum atomic E-state index is 13.2. The first kappa shape index (κ1) is 13.5. The largest absolute Gasteiger partial charge is 0.340 e. The Hall–Kier alpha value is -1.93. The number of carbonyl (C=O) groups is 1. The van der Waals surface area contributed by atoms with Crippen molar-refractivity contribution < 1.29 is 9.18 Å². The predicted octanol–water partition coefficient (Wildman–Crippen LogP) is 1.55. The van der Waals surface area contributed by atoms with Crippen LogP contribution in [0.2, 0.25) is 0 Å². The standard InChI is InChI=1S/C14H16FN3O/c1-11(19)17-5-7-18(8-6-17)14(10-16)12-3-2-4-13(15)9-12/h2-4,9,14H,5-8H2,1H3. The van der Waals surface area contributed by atoms with Crippen LogP contribution in [-0.4, -0.2) is 41.9 Å². The Morgan fingerprint density at radius 3 is 2.58 bits per heavy atom. The van der Waals surface area contributed by atoms with E-state index in [1.54, 1.807) is 24.0 Å². The minimum atomic E-state index is -0.454. The highest BCUT2D eigenvalue weighted by atomic mass is 19.1. The zero-order valence-electron chi connectivity index (χ0n) is 10.8. The van der Waals surface area contributed by atoms with Crippen LogP contribution in [0.3, 0.4) is 0 Å². The van der Waals surface area contributed by atoms with E-state index in [9.17, 15) is 14.4 Å². The van der Waals surface area contributed by atoms with Gasteiger partial charge in [0.15, 0.2) is 0 Å². The summed E-state index contributed by atoms with van der Waals surface area (Å²) in [6, 6.07) is 7.89. The second kappa shape index (κ2) is 5.81. The highest BCUT2D eigenvalue weighted by Gasteiger charge is 2.25. The van der Waals surface area contributed by atoms with Crippen molar-refractivity contribution in [1.82, 2.24) is 9.80 Å². The van der Waals surface area contributed by atoms with Gasteiger partial charge in [-0.2, -0.15) is 5.26 Å². The van der Waals surface area contributed by atoms with Crippen LogP contribution in [0, 0.1) is 17.1 Å². The molecule has 0 spiro atoms. The lowest BCUT2D eigenvalue weighted by atomic mass is 10.1. The first-order chi connectivity index (χ1) is 9.11. The van der Waals surface area contributed by atoms with Crippen LogP contribution in [-0.2, 0) is 4.79 Å². The lowest BCUT2D eigenvalue weighted by Gasteiger charge is -2.36. The predicted molar refractivity (Wildman–Crippen MR) is 68.6 cm³/mol. The summed E-state index contributed by atoms with van der Waals surface area (Å²) in [5.74, 6) is -0.279. The molecule has 0 bridgehead atoms. The lowest BCUT2D eigenvalue weighted by Crippen LogP contribution is -2.48. The van der Waals surface area contributed by atoms with Crippen molar-refractivity contribution in [3.63, 3.8) is 0 Å². The molecule has 1 amide bonds. The van der Waals surface area contributed by atoms with Gasteiger partial charge in [0.05, 0.1) is 6.07 Å². The van der Waals surface area contributed by atoms with E-state index in [1.807, 2.05) is 4.90 Å². The zero-order valence-corrected chi connectivity index (χ0v) is 10.8. The van der Waals surface area contributed by atoms with Crippen molar-refractivity contribution in [3.8, 4) is 6.07 Å². The first-order valence-electron chi connectivity index (χ1n) is 6.26. The van der Waals surface area contributed by atoms with Crippen LogP contribution in [0.15, 0.2) is 24.3 Å². The van der Waals surface area contributed by atoms with Crippen LogP contribution in [0.25, 0.3) is 0 Å². The van der Waals surface area contributed by atoms with Gasteiger partial charge in [-0.25, -0.2) is 4.39 Å². The topological polar surface area (TPSA) is 47.3 Å². The number of nitrogens with zero attached hydrogens (tertiary/aromatic N) is 3. The number of nitriles is 1. The van der Waals surface area contributed by atoms with Gasteiger partial charge in [-0.1, -0.05) is 12.1 Å². The van der Waals surface area contributed by atoms with Crippen LogP contribution in [0.5, 0.6) is 0 Å². The third-order valence-corrected chi connectivity index (χ3v) is 3.41. The molecule has 1 fully saturated rings. The molecule has 0 saturated carbocycles. The number of halogens is 1. The van der Waals surface area contributed by atoms with Crippen LogP contribution in [0.4, 0.5) is 4.39 Å². The maximum Gasteiger partial charge on any atom is 0.219 e. The van der Waals surface area contributed by atoms with E-state index in [1.165, 1.54) is 12.1 Å². The molecule has 100 valence electrons. The van der Waals surface area contributed by atoms with E-state index < -0.39 is 6.04 Å². The van der Waals surface area contributed by atoms with Gasteiger partial charge in [-0.05, 0) is 17.7 Å². The number of hydrogen-bond acceptors (Lipinski definition) is 3. The van der Waals surface area contributed by atoms with Crippen molar-refractivity contribution in [2.45, 2.75) is 13.0 Å². The highest BCUT2D eigenvalue weighted by molar-refractivity contribution is 5.73. The molecule has 0 aliphatic carbocycles. The van der Waals surface area contributed by atoms with Crippen LogP contribution in [0.1, 0.15) is 18.5 Å². The smallest absolute Gasteiger partial charge is 0.219 e. The molecule has 0 N–H and O–H groups in total. The number of hydrogen-bond donors (Lipinski definition) is 0. The molecule has 2 rings (SSSR count). The van der Waals surface area contributed by atoms with Crippen molar-refractivity contribution in [3.05, 3.63) is 35.6 Å². The van der Waals surface area contributed by atoms with Crippen molar-refractivity contribution in [2.24, 2.45) is 0 Å². The molecule has 4 nitrogen and oxygen atoms in total. The Bertz CT molecular complexity index is 504. The maximum absolute atomic E-state index is 13.2. The van der Waals surface area contributed by atoms with Gasteiger partial charge in [0.1, 0.15) is 11.9 Å². The highest BCUT2D eigenvalue weighted by Crippen LogP contribution is 2.22. The van der Waals surface area contributed by atoms with E-state index in [4.69, 9.17) is 0 Å². The minimum Gasteiger partial charge on any atom is -0.340 e. The molecular weight excluding hydrogens is 245 g/mol. The van der Waals surface area contributed by atoms with Gasteiger partial charge < -0.3 is 4.90 Å². The molecule has 0 radical (unpaired) electrons. The van der Waals surface area contributed by atoms with E-state index in [0.29, 0.717) is 31.7 Å². The van der Waals surface area contributed by atoms with Gasteiger partial charge in [0.2, 0.25) is 5.91 Å². The Kier molecular flexibility index (Phi) is 4.13. The van der Waals surface area contributed by atoms with Gasteiger partial charge in [0, 0.05) is 33.1 Å². The summed E-state index contributed by atoms with van der Waals surface area (Å²) in [6.07, 6.45) is 0. The van der Waals surface area contributed by atoms with Crippen molar-refractivity contribution in [2.75, 3.05) is 26.2 Å². The Morgan fingerprint density at radius 2 is 2.05 bits per heavy atom. The summed E-state index contributed by atoms with van der Waals surface area (Å²) in [7, 11) is 0. The van der Waals surface area contributed by atoms with E-state index >= 15 is 0 Å². The third kappa shape index (κ3) is 3.09. The number of benzene rings is 1. The zero-order chi connectivity index (χ0) is 13.8. The molecule has 1 aliphatic heterocycles. The molecule has 1 aliphatic rings. The fraction of sp³-hybridized carbons (Fsp3) is 0.429. The summed E-state index contributed by atoms with van der Waals surface area (Å²) in [4.78, 5) is 15.0. The fourth-order valence-electron chi connectivity index (χ4n) is 2.34. The first-order valence-corrected chi connectivity index (χ1v) is 6.26. The quantitative estimate of drug-likeness (QED) is 0.811. The monoisotopic (exact) mass is 261 g/mol. The van der Waals surface area contributed by atoms with Gasteiger partial charge in [0.25, 0.3) is 0 Å². The summed E-state index contributed by atoms with van der Waals surface area (Å²) in [6.45, 7) is 4.04. The second-order valence-corrected chi connectivity index (χ2v) is 4.63. The molecule has 1 saturated heterocycles. The molecule has 1 heterocycles. The summed E-state index contributed by atoms with van der Waals surface area (Å²) >= 11 is 0.